The Hall–Kier alpha value is -4.65. The lowest BCUT2D eigenvalue weighted by Crippen LogP contribution is -2.60. The van der Waals surface area contributed by atoms with Crippen LogP contribution < -0.4 is 14.5 Å². The predicted octanol–water partition coefficient (Wildman–Crippen LogP) is 4.87. The molecule has 2 aliphatic carbocycles. The number of para-hydroxylation sites is 1. The lowest BCUT2D eigenvalue weighted by atomic mass is 9.56. The van der Waals surface area contributed by atoms with Gasteiger partial charge in [-0.3, -0.25) is 34.2 Å². The molecule has 6 atom stereocenters. The number of non-ortho nitro benzene ring substituents is 1. The molecule has 3 aromatic rings. The van der Waals surface area contributed by atoms with Gasteiger partial charge in [-0.1, -0.05) is 29.8 Å². The van der Waals surface area contributed by atoms with Crippen molar-refractivity contribution in [3.8, 4) is 5.75 Å². The normalized spacial score (nSPS) is 29.4. The van der Waals surface area contributed by atoms with Crippen molar-refractivity contribution in [2.24, 2.45) is 17.8 Å². The molecule has 0 bridgehead atoms. The smallest absolute Gasteiger partial charge is 0.269 e. The first-order valence-corrected chi connectivity index (χ1v) is 15.9. The number of ether oxygens (including phenoxy) is 1. The number of hydrogen-bond acceptors (Lipinski definition) is 8. The van der Waals surface area contributed by atoms with Crippen LogP contribution in [0, 0.1) is 33.7 Å². The molecule has 1 saturated carbocycles. The second-order valence-corrected chi connectivity index (χ2v) is 13.4. The quantitative estimate of drug-likeness (QED) is 0.121. The van der Waals surface area contributed by atoms with Gasteiger partial charge in [-0.15, -0.1) is 23.2 Å². The Kier molecular flexibility index (Phi) is 7.65. The van der Waals surface area contributed by atoms with E-state index in [1.807, 2.05) is 0 Å². The topological polar surface area (TPSA) is 147 Å². The molecular formula is C34H26Cl2FN3O8. The SMILES string of the molecule is O=C1[C@H]2[C@H](CC=C3[C@H]2C[C@@]2(Cl)C(=O)N(c4ccc(F)cc4)C(=O)[C@@]2(Cl)[C@H]3c2ccccc2OCCO)C(=O)N1c1ccc([N+](=O)[O-])cc1. The van der Waals surface area contributed by atoms with Crippen LogP contribution >= 0.6 is 23.2 Å². The fraction of sp³-hybridized carbons (Fsp3) is 0.294. The summed E-state index contributed by atoms with van der Waals surface area (Å²) in [5.74, 6) is -6.93. The Balaban J connectivity index is 1.38. The lowest BCUT2D eigenvalue weighted by molar-refractivity contribution is -0.384. The van der Waals surface area contributed by atoms with Gasteiger partial charge in [-0.05, 0) is 61.2 Å². The second kappa shape index (κ2) is 11.5. The number of hydrogen-bond donors (Lipinski definition) is 1. The van der Waals surface area contributed by atoms with Crippen molar-refractivity contribution >= 4 is 63.9 Å². The summed E-state index contributed by atoms with van der Waals surface area (Å²) in [7, 11) is 0. The van der Waals surface area contributed by atoms with Crippen molar-refractivity contribution in [2.45, 2.75) is 28.5 Å². The molecule has 7 rings (SSSR count). The van der Waals surface area contributed by atoms with E-state index in [2.05, 4.69) is 0 Å². The number of amides is 4. The molecule has 1 N–H and O–H groups in total. The number of allylic oxidation sites excluding steroid dienone is 2. The minimum absolute atomic E-state index is 0.0516. The number of halogens is 3. The van der Waals surface area contributed by atoms with E-state index in [0.29, 0.717) is 11.1 Å². The molecule has 0 unspecified atom stereocenters. The number of nitro benzene ring substituents is 1. The van der Waals surface area contributed by atoms with Gasteiger partial charge < -0.3 is 9.84 Å². The Morgan fingerprint density at radius 1 is 0.896 bits per heavy atom. The van der Waals surface area contributed by atoms with E-state index in [4.69, 9.17) is 27.9 Å². The average molecular weight is 694 g/mol. The first-order valence-electron chi connectivity index (χ1n) is 15.1. The number of nitro groups is 1. The van der Waals surface area contributed by atoms with Crippen LogP contribution in [0.3, 0.4) is 0 Å². The van der Waals surface area contributed by atoms with E-state index in [1.54, 1.807) is 30.3 Å². The van der Waals surface area contributed by atoms with Gasteiger partial charge in [0.1, 0.15) is 18.2 Å². The Bertz CT molecular complexity index is 1920. The van der Waals surface area contributed by atoms with E-state index in [0.717, 1.165) is 21.9 Å². The summed E-state index contributed by atoms with van der Waals surface area (Å²) in [5, 5.41) is 20.7. The highest BCUT2D eigenvalue weighted by atomic mass is 35.5. The van der Waals surface area contributed by atoms with E-state index in [9.17, 15) is 38.8 Å². The summed E-state index contributed by atoms with van der Waals surface area (Å²) in [5.41, 5.74) is 0.899. The number of rotatable bonds is 7. The highest BCUT2D eigenvalue weighted by Crippen LogP contribution is 2.66. The number of nitrogens with zero attached hydrogens (tertiary/aromatic N) is 3. The highest BCUT2D eigenvalue weighted by Gasteiger charge is 2.77. The van der Waals surface area contributed by atoms with Gasteiger partial charge in [0, 0.05) is 23.6 Å². The maximum Gasteiger partial charge on any atom is 0.269 e. The molecule has 4 amide bonds. The maximum absolute atomic E-state index is 14.5. The Morgan fingerprint density at radius 3 is 2.21 bits per heavy atom. The minimum atomic E-state index is -2.16. The number of aliphatic hydroxyl groups excluding tert-OH is 1. The number of aliphatic hydroxyl groups is 1. The zero-order valence-corrected chi connectivity index (χ0v) is 26.4. The lowest BCUT2D eigenvalue weighted by Gasteiger charge is -2.50. The van der Waals surface area contributed by atoms with Crippen molar-refractivity contribution in [3.05, 3.63) is 106 Å². The molecule has 3 aromatic carbocycles. The van der Waals surface area contributed by atoms with Crippen LogP contribution in [-0.4, -0.2) is 56.6 Å². The summed E-state index contributed by atoms with van der Waals surface area (Å²) in [6.07, 6.45) is 1.59. The van der Waals surface area contributed by atoms with Crippen LogP contribution in [0.4, 0.5) is 21.5 Å². The zero-order chi connectivity index (χ0) is 34.1. The largest absolute Gasteiger partial charge is 0.491 e. The Morgan fingerprint density at radius 2 is 1.54 bits per heavy atom. The first kappa shape index (κ1) is 31.9. The van der Waals surface area contributed by atoms with Crippen LogP contribution in [0.15, 0.2) is 84.4 Å². The van der Waals surface area contributed by atoms with Gasteiger partial charge in [0.2, 0.25) is 11.8 Å². The molecule has 11 nitrogen and oxygen atoms in total. The van der Waals surface area contributed by atoms with Crippen LogP contribution in [0.1, 0.15) is 24.3 Å². The molecule has 0 radical (unpaired) electrons. The second-order valence-electron chi connectivity index (χ2n) is 12.1. The fourth-order valence-corrected chi connectivity index (χ4v) is 8.65. The number of benzene rings is 3. The third kappa shape index (κ3) is 4.42. The van der Waals surface area contributed by atoms with E-state index >= 15 is 0 Å². The predicted molar refractivity (Wildman–Crippen MR) is 171 cm³/mol. The van der Waals surface area contributed by atoms with E-state index in [-0.39, 0.29) is 48.9 Å². The number of carbonyl (C=O) groups excluding carboxylic acids is 4. The van der Waals surface area contributed by atoms with E-state index in [1.165, 1.54) is 36.4 Å². The molecule has 0 aromatic heterocycles. The molecule has 246 valence electrons. The number of alkyl halides is 2. The summed E-state index contributed by atoms with van der Waals surface area (Å²) < 4.78 is 19.7. The summed E-state index contributed by atoms with van der Waals surface area (Å²) in [6, 6.07) is 16.4. The Labute approximate surface area is 282 Å². The first-order chi connectivity index (χ1) is 22.9. The summed E-state index contributed by atoms with van der Waals surface area (Å²) in [6.45, 7) is -0.408. The number of fused-ring (bicyclic) bond motifs is 4. The number of imide groups is 2. The number of carbonyl (C=O) groups is 4. The van der Waals surface area contributed by atoms with Gasteiger partial charge in [-0.25, -0.2) is 9.29 Å². The van der Waals surface area contributed by atoms with Crippen LogP contribution in [0.5, 0.6) is 5.75 Å². The zero-order valence-electron chi connectivity index (χ0n) is 24.9. The van der Waals surface area contributed by atoms with E-state index < -0.39 is 67.8 Å². The highest BCUT2D eigenvalue weighted by molar-refractivity contribution is 6.58. The third-order valence-electron chi connectivity index (χ3n) is 9.79. The molecule has 48 heavy (non-hydrogen) atoms. The molecule has 14 heteroatoms. The third-order valence-corrected chi connectivity index (χ3v) is 11.2. The average Bonchev–Trinajstić information content (AvgIpc) is 3.42. The molecule has 2 saturated heterocycles. The van der Waals surface area contributed by atoms with Crippen molar-refractivity contribution in [2.75, 3.05) is 23.0 Å². The van der Waals surface area contributed by atoms with Crippen LogP contribution in [0.2, 0.25) is 0 Å². The maximum atomic E-state index is 14.5. The van der Waals surface area contributed by atoms with Crippen LogP contribution in [0.25, 0.3) is 0 Å². The van der Waals surface area contributed by atoms with Gasteiger partial charge >= 0.3 is 0 Å². The van der Waals surface area contributed by atoms with Crippen molar-refractivity contribution in [3.63, 3.8) is 0 Å². The molecular weight excluding hydrogens is 668 g/mol. The fourth-order valence-electron chi connectivity index (χ4n) is 7.73. The summed E-state index contributed by atoms with van der Waals surface area (Å²) in [4.78, 5) is 65.1. The van der Waals surface area contributed by atoms with Crippen molar-refractivity contribution in [1.82, 2.24) is 0 Å². The monoisotopic (exact) mass is 693 g/mol. The molecule has 2 aliphatic heterocycles. The van der Waals surface area contributed by atoms with Gasteiger partial charge in [0.25, 0.3) is 17.5 Å². The van der Waals surface area contributed by atoms with Crippen molar-refractivity contribution in [1.29, 1.82) is 0 Å². The molecule has 4 aliphatic rings. The molecule has 0 spiro atoms. The molecule has 2 heterocycles. The van der Waals surface area contributed by atoms with Crippen molar-refractivity contribution < 1.29 is 38.3 Å². The van der Waals surface area contributed by atoms with Gasteiger partial charge in [-0.2, -0.15) is 0 Å². The minimum Gasteiger partial charge on any atom is -0.491 e. The standard InChI is InChI=1S/C34H26Cl2FN3O8/c35-33-17-25-22(13-14-24-27(25)30(43)38(29(24)42)19-9-11-21(12-10-19)40(46)47)28(23-3-1-2-4-26(23)48-16-15-41)34(33,36)32(45)39(31(33)44)20-7-5-18(37)6-8-20/h1-13,24-25,27-28,41H,14-17H2/t24-,25+,27-,28+,33+,34-/m0/s1. The number of anilines is 2. The molecule has 3 fully saturated rings. The van der Waals surface area contributed by atoms with Gasteiger partial charge in [0.05, 0.1) is 34.7 Å². The van der Waals surface area contributed by atoms with Gasteiger partial charge in [0.15, 0.2) is 9.75 Å². The summed E-state index contributed by atoms with van der Waals surface area (Å²) >= 11 is 14.8. The van der Waals surface area contributed by atoms with Crippen LogP contribution in [-0.2, 0) is 19.2 Å².